The van der Waals surface area contributed by atoms with Gasteiger partial charge in [0.05, 0.1) is 6.61 Å². The molecule has 4 nitrogen and oxygen atoms in total. The highest BCUT2D eigenvalue weighted by molar-refractivity contribution is 5.25. The molecule has 0 aliphatic carbocycles. The summed E-state index contributed by atoms with van der Waals surface area (Å²) in [7, 11) is 0. The van der Waals surface area contributed by atoms with E-state index in [1.165, 1.54) is 5.56 Å². The molecule has 0 amide bonds. The summed E-state index contributed by atoms with van der Waals surface area (Å²) >= 11 is 0. The van der Waals surface area contributed by atoms with Crippen LogP contribution in [0.5, 0.6) is 5.88 Å². The van der Waals surface area contributed by atoms with Gasteiger partial charge < -0.3 is 14.8 Å². The molecule has 4 heteroatoms. The lowest BCUT2D eigenvalue weighted by Gasteiger charge is -2.21. The molecule has 1 aromatic rings. The number of aryl methyl sites for hydroxylation is 1. The van der Waals surface area contributed by atoms with Gasteiger partial charge in [-0.05, 0) is 45.7 Å². The number of hydrogen-bond acceptors (Lipinski definition) is 4. The lowest BCUT2D eigenvalue weighted by molar-refractivity contribution is 0.108. The van der Waals surface area contributed by atoms with Crippen molar-refractivity contribution in [2.45, 2.75) is 59.5 Å². The monoisotopic (exact) mass is 294 g/mol. The molecule has 0 aromatic carbocycles. The van der Waals surface area contributed by atoms with Crippen LogP contribution in [-0.2, 0) is 17.7 Å². The molecule has 0 saturated heterocycles. The quantitative estimate of drug-likeness (QED) is 0.709. The average Bonchev–Trinajstić information content (AvgIpc) is 2.41. The molecular formula is C17H30N2O2. The Morgan fingerprint density at radius 3 is 2.52 bits per heavy atom. The number of hydrogen-bond donors (Lipinski definition) is 1. The molecule has 0 bridgehead atoms. The summed E-state index contributed by atoms with van der Waals surface area (Å²) in [5.74, 6) is 0.700. The van der Waals surface area contributed by atoms with Gasteiger partial charge in [0.1, 0.15) is 6.61 Å². The van der Waals surface area contributed by atoms with Crippen molar-refractivity contribution in [2.75, 3.05) is 19.8 Å². The number of rotatable bonds is 9. The van der Waals surface area contributed by atoms with Crippen molar-refractivity contribution in [3.05, 3.63) is 23.4 Å². The summed E-state index contributed by atoms with van der Waals surface area (Å²) in [5.41, 5.74) is 2.41. The first-order chi connectivity index (χ1) is 9.94. The minimum atomic E-state index is 0.101. The van der Waals surface area contributed by atoms with Crippen LogP contribution in [0.4, 0.5) is 0 Å². The van der Waals surface area contributed by atoms with Crippen LogP contribution in [0.1, 0.15) is 52.3 Å². The number of pyridine rings is 1. The van der Waals surface area contributed by atoms with Gasteiger partial charge in [-0.15, -0.1) is 0 Å². The van der Waals surface area contributed by atoms with Gasteiger partial charge in [-0.1, -0.05) is 13.3 Å². The van der Waals surface area contributed by atoms with E-state index in [0.717, 1.165) is 25.1 Å². The number of nitrogens with one attached hydrogen (secondary N) is 1. The van der Waals surface area contributed by atoms with E-state index in [9.17, 15) is 0 Å². The molecule has 0 radical (unpaired) electrons. The highest BCUT2D eigenvalue weighted by Crippen LogP contribution is 2.15. The van der Waals surface area contributed by atoms with Gasteiger partial charge in [-0.25, -0.2) is 4.98 Å². The number of aromatic nitrogens is 1. The van der Waals surface area contributed by atoms with Gasteiger partial charge in [0.2, 0.25) is 5.88 Å². The van der Waals surface area contributed by atoms with Crippen molar-refractivity contribution >= 4 is 0 Å². The van der Waals surface area contributed by atoms with E-state index in [2.05, 4.69) is 44.1 Å². The van der Waals surface area contributed by atoms with E-state index in [1.807, 2.05) is 13.0 Å². The first kappa shape index (κ1) is 17.9. The van der Waals surface area contributed by atoms with E-state index in [1.54, 1.807) is 0 Å². The molecule has 0 fully saturated rings. The lowest BCUT2D eigenvalue weighted by atomic mass is 10.1. The third kappa shape index (κ3) is 8.02. The topological polar surface area (TPSA) is 43.4 Å². The maximum atomic E-state index is 5.70. The Morgan fingerprint density at radius 1 is 1.14 bits per heavy atom. The Morgan fingerprint density at radius 2 is 1.90 bits per heavy atom. The highest BCUT2D eigenvalue weighted by Gasteiger charge is 2.10. The van der Waals surface area contributed by atoms with Crippen LogP contribution in [0, 0.1) is 0 Å². The van der Waals surface area contributed by atoms with Crippen molar-refractivity contribution in [2.24, 2.45) is 0 Å². The van der Waals surface area contributed by atoms with Crippen molar-refractivity contribution in [1.82, 2.24) is 10.3 Å². The molecule has 120 valence electrons. The van der Waals surface area contributed by atoms with Gasteiger partial charge in [-0.2, -0.15) is 0 Å². The summed E-state index contributed by atoms with van der Waals surface area (Å²) in [4.78, 5) is 4.56. The summed E-state index contributed by atoms with van der Waals surface area (Å²) in [6.45, 7) is 13.3. The largest absolute Gasteiger partial charge is 0.475 e. The van der Waals surface area contributed by atoms with Crippen LogP contribution in [0.2, 0.25) is 0 Å². The third-order valence-corrected chi connectivity index (χ3v) is 2.93. The summed E-state index contributed by atoms with van der Waals surface area (Å²) < 4.78 is 11.0. The number of ether oxygens (including phenoxy) is 2. The number of nitrogens with zero attached hydrogens (tertiary/aromatic N) is 1. The molecule has 21 heavy (non-hydrogen) atoms. The van der Waals surface area contributed by atoms with Crippen LogP contribution in [0.25, 0.3) is 0 Å². The molecule has 1 rings (SSSR count). The molecule has 0 atom stereocenters. The second kappa shape index (κ2) is 9.00. The Hall–Kier alpha value is -1.13. The molecule has 0 unspecified atom stereocenters. The van der Waals surface area contributed by atoms with Crippen LogP contribution in [0.15, 0.2) is 12.1 Å². The first-order valence-electron chi connectivity index (χ1n) is 7.90. The normalized spacial score (nSPS) is 11.7. The molecule has 0 aliphatic heterocycles. The zero-order valence-electron chi connectivity index (χ0n) is 14.2. The molecule has 0 saturated carbocycles. The average molecular weight is 294 g/mol. The maximum absolute atomic E-state index is 5.70. The molecule has 0 aliphatic rings. The predicted octanol–water partition coefficient (Wildman–Crippen LogP) is 3.34. The molecule has 1 N–H and O–H groups in total. The Labute approximate surface area is 129 Å². The van der Waals surface area contributed by atoms with Crippen LogP contribution in [0.3, 0.4) is 0 Å². The van der Waals surface area contributed by atoms with Gasteiger partial charge in [-0.3, -0.25) is 0 Å². The Kier molecular flexibility index (Phi) is 7.68. The van der Waals surface area contributed by atoms with Crippen LogP contribution >= 0.6 is 0 Å². The second-order valence-electron chi connectivity index (χ2n) is 6.20. The summed E-state index contributed by atoms with van der Waals surface area (Å²) in [6, 6.07) is 4.18. The SMILES string of the molecule is CCCc1cc(CNC(C)(C)C)cc(OCCOCC)n1. The fourth-order valence-corrected chi connectivity index (χ4v) is 1.90. The third-order valence-electron chi connectivity index (χ3n) is 2.93. The van der Waals surface area contributed by atoms with Crippen molar-refractivity contribution in [1.29, 1.82) is 0 Å². The van der Waals surface area contributed by atoms with E-state index < -0.39 is 0 Å². The molecular weight excluding hydrogens is 264 g/mol. The van der Waals surface area contributed by atoms with Crippen molar-refractivity contribution in [3.63, 3.8) is 0 Å². The van der Waals surface area contributed by atoms with E-state index in [0.29, 0.717) is 25.7 Å². The van der Waals surface area contributed by atoms with Gasteiger partial charge in [0, 0.05) is 30.5 Å². The van der Waals surface area contributed by atoms with Gasteiger partial charge in [0.25, 0.3) is 0 Å². The highest BCUT2D eigenvalue weighted by atomic mass is 16.5. The molecule has 0 spiro atoms. The fraction of sp³-hybridized carbons (Fsp3) is 0.706. The second-order valence-corrected chi connectivity index (χ2v) is 6.20. The summed E-state index contributed by atoms with van der Waals surface area (Å²) in [6.07, 6.45) is 2.06. The van der Waals surface area contributed by atoms with Gasteiger partial charge >= 0.3 is 0 Å². The zero-order valence-corrected chi connectivity index (χ0v) is 14.2. The van der Waals surface area contributed by atoms with E-state index in [4.69, 9.17) is 9.47 Å². The minimum absolute atomic E-state index is 0.101. The predicted molar refractivity (Wildman–Crippen MR) is 86.8 cm³/mol. The summed E-state index contributed by atoms with van der Waals surface area (Å²) in [5, 5.41) is 3.50. The zero-order chi connectivity index (χ0) is 15.7. The van der Waals surface area contributed by atoms with Crippen LogP contribution in [-0.4, -0.2) is 30.3 Å². The van der Waals surface area contributed by atoms with Crippen LogP contribution < -0.4 is 10.1 Å². The molecule has 1 aromatic heterocycles. The standard InChI is InChI=1S/C17H30N2O2/c1-6-8-15-11-14(13-18-17(3,4)5)12-16(19-15)21-10-9-20-7-2/h11-12,18H,6-10,13H2,1-5H3. The first-order valence-corrected chi connectivity index (χ1v) is 7.90. The van der Waals surface area contributed by atoms with Gasteiger partial charge in [0.15, 0.2) is 0 Å². The van der Waals surface area contributed by atoms with Crippen molar-refractivity contribution < 1.29 is 9.47 Å². The smallest absolute Gasteiger partial charge is 0.213 e. The van der Waals surface area contributed by atoms with E-state index in [-0.39, 0.29) is 5.54 Å². The fourth-order valence-electron chi connectivity index (χ4n) is 1.90. The van der Waals surface area contributed by atoms with Crippen molar-refractivity contribution in [3.8, 4) is 5.88 Å². The minimum Gasteiger partial charge on any atom is -0.475 e. The maximum Gasteiger partial charge on any atom is 0.213 e. The Balaban J connectivity index is 2.70. The molecule has 1 heterocycles. The van der Waals surface area contributed by atoms with E-state index >= 15 is 0 Å². The Bertz CT molecular complexity index is 414. The lowest BCUT2D eigenvalue weighted by Crippen LogP contribution is -2.35.